The van der Waals surface area contributed by atoms with E-state index in [4.69, 9.17) is 0 Å². The van der Waals surface area contributed by atoms with Gasteiger partial charge in [0.25, 0.3) is 0 Å². The van der Waals surface area contributed by atoms with Crippen molar-refractivity contribution in [3.63, 3.8) is 0 Å². The maximum Gasteiger partial charge on any atom is 0.115 e. The zero-order valence-electron chi connectivity index (χ0n) is 5.10. The molecule has 0 aliphatic carbocycles. The molecule has 0 heterocycles. The van der Waals surface area contributed by atoms with Crippen LogP contribution in [0.3, 0.4) is 0 Å². The molecule has 0 bridgehead atoms. The van der Waals surface area contributed by atoms with Crippen LogP contribution >= 0.6 is 0 Å². The van der Waals surface area contributed by atoms with Crippen molar-refractivity contribution < 1.29 is 4.55 Å². The third kappa shape index (κ3) is 1570. The van der Waals surface area contributed by atoms with Crippen LogP contribution in [0.5, 0.6) is 0 Å². The Labute approximate surface area is 48.4 Å². The van der Waals surface area contributed by atoms with Gasteiger partial charge in [-0.25, -0.2) is 0 Å². The second-order valence-corrected chi connectivity index (χ2v) is 2.20. The van der Waals surface area contributed by atoms with Crippen LogP contribution in [0.4, 0.5) is 0 Å². The van der Waals surface area contributed by atoms with Crippen molar-refractivity contribution >= 4 is 11.4 Å². The fourth-order valence-electron chi connectivity index (χ4n) is 0. The molecule has 3 heteroatoms. The maximum absolute atomic E-state index is 9.33. The smallest absolute Gasteiger partial charge is 0.115 e. The molecule has 0 amide bonds. The lowest BCUT2D eigenvalue weighted by Crippen LogP contribution is -2.07. The molecule has 1 atom stereocenters. The highest BCUT2D eigenvalue weighted by atomic mass is 32.2. The summed E-state index contributed by atoms with van der Waals surface area (Å²) in [6.07, 6.45) is 2.67. The van der Waals surface area contributed by atoms with Crippen LogP contribution in [0.15, 0.2) is 0 Å². The quantitative estimate of drug-likeness (QED) is 0.481. The van der Waals surface area contributed by atoms with Gasteiger partial charge in [0, 0.05) is 11.4 Å². The number of rotatable bonds is 0. The molecule has 0 saturated carbocycles. The molecule has 0 aliphatic heterocycles. The normalized spacial score (nSPS) is 11.6. The molecule has 0 aromatic heterocycles. The topological polar surface area (TPSA) is 49.1 Å². The van der Waals surface area contributed by atoms with Gasteiger partial charge < -0.3 is 4.55 Å². The molecule has 2 N–H and O–H groups in total. The van der Waals surface area contributed by atoms with Gasteiger partial charge >= 0.3 is 0 Å². The van der Waals surface area contributed by atoms with Gasteiger partial charge in [0.05, 0.1) is 0 Å². The summed E-state index contributed by atoms with van der Waals surface area (Å²) in [5.74, 6) is 0. The predicted octanol–water partition coefficient (Wildman–Crippen LogP) is 0.655. The Bertz CT molecular complexity index is 22.9. The van der Waals surface area contributed by atoms with Gasteiger partial charge in [0.1, 0.15) is 6.26 Å². The highest BCUT2D eigenvalue weighted by Crippen LogP contribution is 1.56. The minimum atomic E-state index is -1.11. The fourth-order valence-corrected chi connectivity index (χ4v) is 0. The number of hydrogen-bond acceptors (Lipinski definition) is 2. The van der Waals surface area contributed by atoms with Crippen molar-refractivity contribution in [3.8, 4) is 0 Å². The number of hydrogen-bond donors (Lipinski definition) is 1. The zero-order valence-corrected chi connectivity index (χ0v) is 5.92. The summed E-state index contributed by atoms with van der Waals surface area (Å²) in [5, 5.41) is 4.58. The molecule has 0 aliphatic rings. The van der Waals surface area contributed by atoms with E-state index in [-0.39, 0.29) is 0 Å². The van der Waals surface area contributed by atoms with Crippen molar-refractivity contribution in [2.45, 2.75) is 20.3 Å². The average molecular weight is 123 g/mol. The first-order chi connectivity index (χ1) is 3.15. The lowest BCUT2D eigenvalue weighted by atomic mass is 10.6. The van der Waals surface area contributed by atoms with E-state index < -0.39 is 11.4 Å². The second kappa shape index (κ2) is 9.55. The monoisotopic (exact) mass is 123 g/mol. The molecule has 46 valence electrons. The molecule has 0 saturated heterocycles. The predicted molar refractivity (Wildman–Crippen MR) is 34.2 cm³/mol. The standard InChI is InChI=1S/C3H8.CH5NOS/c1-3-2;1-4(2)3/h3H2,1-2H3;2H2,1H3/t;4-/m.1/s1. The van der Waals surface area contributed by atoms with Crippen molar-refractivity contribution in [2.75, 3.05) is 6.26 Å². The Morgan fingerprint density at radius 2 is 1.57 bits per heavy atom. The lowest BCUT2D eigenvalue weighted by Gasteiger charge is -1.86. The summed E-state index contributed by atoms with van der Waals surface area (Å²) in [6.45, 7) is 4.25. The Morgan fingerprint density at radius 3 is 1.57 bits per heavy atom. The van der Waals surface area contributed by atoms with Crippen molar-refractivity contribution in [1.82, 2.24) is 0 Å². The molecule has 2 nitrogen and oxygen atoms in total. The maximum atomic E-state index is 9.33. The molecule has 0 spiro atoms. The third-order valence-electron chi connectivity index (χ3n) is 0. The highest BCUT2D eigenvalue weighted by Gasteiger charge is 1.67. The van der Waals surface area contributed by atoms with Gasteiger partial charge in [-0.15, -0.1) is 0 Å². The van der Waals surface area contributed by atoms with Crippen LogP contribution in [0.2, 0.25) is 0 Å². The molecule has 0 aromatic rings. The Balaban J connectivity index is 0. The molecule has 0 radical (unpaired) electrons. The summed E-state index contributed by atoms with van der Waals surface area (Å²) in [7, 11) is 0. The molecular formula is C4H13NOS. The molecule has 0 fully saturated rings. The summed E-state index contributed by atoms with van der Waals surface area (Å²) in [6, 6.07) is 0. The highest BCUT2D eigenvalue weighted by molar-refractivity contribution is 7.88. The van der Waals surface area contributed by atoms with Crippen LogP contribution in [0, 0.1) is 0 Å². The van der Waals surface area contributed by atoms with E-state index in [0.29, 0.717) is 0 Å². The number of nitrogens with two attached hydrogens (primary N) is 1. The first kappa shape index (κ1) is 10.3. The molecule has 0 rings (SSSR count). The molecule has 0 unspecified atom stereocenters. The molecule has 0 aromatic carbocycles. The van der Waals surface area contributed by atoms with E-state index >= 15 is 0 Å². The van der Waals surface area contributed by atoms with Gasteiger partial charge in [-0.05, 0) is 0 Å². The largest absolute Gasteiger partial charge is 0.599 e. The van der Waals surface area contributed by atoms with Gasteiger partial charge in [0.15, 0.2) is 0 Å². The van der Waals surface area contributed by atoms with Gasteiger partial charge in [-0.1, -0.05) is 20.3 Å². The summed E-state index contributed by atoms with van der Waals surface area (Å²) in [5.41, 5.74) is 0. The van der Waals surface area contributed by atoms with Crippen molar-refractivity contribution in [2.24, 2.45) is 5.14 Å². The van der Waals surface area contributed by atoms with Gasteiger partial charge in [-0.3, -0.25) is 0 Å². The first-order valence-electron chi connectivity index (χ1n) is 2.22. The van der Waals surface area contributed by atoms with E-state index in [0.717, 1.165) is 0 Å². The van der Waals surface area contributed by atoms with Crippen molar-refractivity contribution in [3.05, 3.63) is 0 Å². The lowest BCUT2D eigenvalue weighted by molar-refractivity contribution is 0.602. The Morgan fingerprint density at radius 1 is 1.57 bits per heavy atom. The third-order valence-corrected chi connectivity index (χ3v) is 0. The minimum absolute atomic E-state index is 1.11. The summed E-state index contributed by atoms with van der Waals surface area (Å²) >= 11 is -1.11. The van der Waals surface area contributed by atoms with Gasteiger partial charge in [-0.2, -0.15) is 5.14 Å². The van der Waals surface area contributed by atoms with E-state index in [2.05, 4.69) is 19.0 Å². The van der Waals surface area contributed by atoms with E-state index in [1.54, 1.807) is 0 Å². The summed E-state index contributed by atoms with van der Waals surface area (Å²) < 4.78 is 9.33. The van der Waals surface area contributed by atoms with Gasteiger partial charge in [0.2, 0.25) is 0 Å². The van der Waals surface area contributed by atoms with Crippen LogP contribution in [-0.2, 0) is 11.4 Å². The van der Waals surface area contributed by atoms with Crippen LogP contribution in [0.1, 0.15) is 20.3 Å². The Kier molecular flexibility index (Phi) is 14.0. The molecular weight excluding hydrogens is 110 g/mol. The van der Waals surface area contributed by atoms with E-state index in [1.807, 2.05) is 0 Å². The van der Waals surface area contributed by atoms with Crippen LogP contribution in [-0.4, -0.2) is 10.8 Å². The van der Waals surface area contributed by atoms with Crippen LogP contribution < -0.4 is 5.14 Å². The van der Waals surface area contributed by atoms with E-state index in [1.165, 1.54) is 12.7 Å². The van der Waals surface area contributed by atoms with Crippen LogP contribution in [0.25, 0.3) is 0 Å². The fraction of sp³-hybridized carbons (Fsp3) is 1.00. The van der Waals surface area contributed by atoms with E-state index in [9.17, 15) is 4.55 Å². The first-order valence-corrected chi connectivity index (χ1v) is 3.85. The summed E-state index contributed by atoms with van der Waals surface area (Å²) in [4.78, 5) is 0. The SMILES string of the molecule is CCC.C[S@+](N)[O-]. The average Bonchev–Trinajstić information content (AvgIpc) is 1.33. The molecule has 7 heavy (non-hydrogen) atoms. The minimum Gasteiger partial charge on any atom is -0.599 e. The van der Waals surface area contributed by atoms with Crippen molar-refractivity contribution in [1.29, 1.82) is 0 Å². The zero-order chi connectivity index (χ0) is 6.28. The Hall–Kier alpha value is 0.270. The second-order valence-electron chi connectivity index (χ2n) is 1.21.